The van der Waals surface area contributed by atoms with Crippen LogP contribution < -0.4 is 14.4 Å². The van der Waals surface area contributed by atoms with Crippen molar-refractivity contribution in [3.8, 4) is 5.75 Å². The highest BCUT2D eigenvalue weighted by Crippen LogP contribution is 2.33. The van der Waals surface area contributed by atoms with Gasteiger partial charge in [-0.1, -0.05) is 0 Å². The predicted molar refractivity (Wildman–Crippen MR) is 91.5 cm³/mol. The summed E-state index contributed by atoms with van der Waals surface area (Å²) in [6, 6.07) is 2.58. The summed E-state index contributed by atoms with van der Waals surface area (Å²) in [5.74, 6) is -2.02. The van der Waals surface area contributed by atoms with E-state index in [1.807, 2.05) is 9.62 Å². The maximum absolute atomic E-state index is 12.6. The van der Waals surface area contributed by atoms with Gasteiger partial charge in [-0.2, -0.15) is 12.7 Å². The van der Waals surface area contributed by atoms with Gasteiger partial charge in [-0.05, 0) is 25.0 Å². The van der Waals surface area contributed by atoms with Crippen LogP contribution in [-0.4, -0.2) is 64.0 Å². The van der Waals surface area contributed by atoms with Crippen LogP contribution >= 0.6 is 0 Å². The Morgan fingerprint density at radius 3 is 2.32 bits per heavy atom. The number of hydrogen-bond donors (Lipinski definition) is 2. The number of carbonyl (C=O) groups is 2. The van der Waals surface area contributed by atoms with Crippen LogP contribution in [0.4, 0.5) is 5.69 Å². The molecule has 1 aromatic rings. The first-order valence-electron chi connectivity index (χ1n) is 7.62. The fourth-order valence-corrected chi connectivity index (χ4v) is 3.10. The maximum atomic E-state index is 12.6. The number of carboxylic acids is 1. The number of nitrogens with zero attached hydrogens (tertiary/aromatic N) is 2. The Morgan fingerprint density at radius 1 is 1.24 bits per heavy atom. The van der Waals surface area contributed by atoms with E-state index in [1.54, 1.807) is 0 Å². The first-order valence-corrected chi connectivity index (χ1v) is 9.06. The molecule has 9 nitrogen and oxygen atoms in total. The lowest BCUT2D eigenvalue weighted by Gasteiger charge is -2.23. The Balaban J connectivity index is 2.57. The second kappa shape index (κ2) is 7.28. The fourth-order valence-electron chi connectivity index (χ4n) is 2.58. The van der Waals surface area contributed by atoms with Gasteiger partial charge in [0.25, 0.3) is 5.91 Å². The number of carboxylic acid groups (broad SMARTS) is 1. The van der Waals surface area contributed by atoms with Crippen molar-refractivity contribution < 1.29 is 27.9 Å². The molecule has 0 unspecified atom stereocenters. The van der Waals surface area contributed by atoms with E-state index in [2.05, 4.69) is 0 Å². The van der Waals surface area contributed by atoms with Gasteiger partial charge in [0.15, 0.2) is 0 Å². The number of benzene rings is 1. The summed E-state index contributed by atoms with van der Waals surface area (Å²) in [5.41, 5.74) is 0.311. The van der Waals surface area contributed by atoms with Crippen molar-refractivity contribution in [1.82, 2.24) is 9.03 Å². The molecule has 1 aliphatic heterocycles. The highest BCUT2D eigenvalue weighted by Gasteiger charge is 2.28. The molecule has 2 rings (SSSR count). The molecule has 0 spiro atoms. The van der Waals surface area contributed by atoms with Crippen LogP contribution in [0.15, 0.2) is 12.1 Å². The third-order valence-electron chi connectivity index (χ3n) is 3.92. The van der Waals surface area contributed by atoms with Crippen LogP contribution in [0.3, 0.4) is 0 Å². The van der Waals surface area contributed by atoms with Crippen LogP contribution in [0.25, 0.3) is 0 Å². The Kier molecular flexibility index (Phi) is 5.53. The average molecular weight is 371 g/mol. The van der Waals surface area contributed by atoms with E-state index in [0.29, 0.717) is 18.8 Å². The molecule has 1 aromatic carbocycles. The van der Waals surface area contributed by atoms with Crippen LogP contribution in [0, 0.1) is 0 Å². The lowest BCUT2D eigenvalue weighted by atomic mass is 10.1. The minimum Gasteiger partial charge on any atom is -0.496 e. The molecule has 1 heterocycles. The average Bonchev–Trinajstić information content (AvgIpc) is 3.07. The highest BCUT2D eigenvalue weighted by molar-refractivity contribution is 7.87. The number of aromatic carboxylic acids is 1. The van der Waals surface area contributed by atoms with Crippen LogP contribution in [0.1, 0.15) is 33.6 Å². The van der Waals surface area contributed by atoms with Gasteiger partial charge in [-0.15, -0.1) is 0 Å². The van der Waals surface area contributed by atoms with Crippen molar-refractivity contribution in [3.05, 3.63) is 23.3 Å². The molecule has 0 radical (unpaired) electrons. The third kappa shape index (κ3) is 4.02. The lowest BCUT2D eigenvalue weighted by molar-refractivity contribution is 0.0695. The third-order valence-corrected chi connectivity index (χ3v) is 5.33. The van der Waals surface area contributed by atoms with Gasteiger partial charge < -0.3 is 14.7 Å². The quantitative estimate of drug-likeness (QED) is 0.749. The van der Waals surface area contributed by atoms with E-state index in [1.165, 1.54) is 33.3 Å². The zero-order chi connectivity index (χ0) is 18.8. The van der Waals surface area contributed by atoms with Gasteiger partial charge in [0, 0.05) is 27.2 Å². The van der Waals surface area contributed by atoms with Crippen molar-refractivity contribution >= 4 is 27.8 Å². The molecule has 0 aromatic heterocycles. The zero-order valence-electron chi connectivity index (χ0n) is 14.3. The molecule has 0 aliphatic carbocycles. The van der Waals surface area contributed by atoms with Gasteiger partial charge in [-0.3, -0.25) is 4.79 Å². The van der Waals surface area contributed by atoms with Crippen molar-refractivity contribution in [1.29, 1.82) is 0 Å². The standard InChI is InChI=1S/C15H21N3O6S/c1-17(2)25(22,23)16-14(19)13-11(18-6-4-5-7-18)8-10(15(20)21)9-12(13)24-3/h8-9H,4-7H2,1-3H3,(H,16,19)(H,20,21). The Hall–Kier alpha value is -2.33. The molecule has 0 atom stereocenters. The van der Waals surface area contributed by atoms with Gasteiger partial charge in [-0.25, -0.2) is 9.52 Å². The number of rotatable bonds is 6. The first-order chi connectivity index (χ1) is 11.7. The van der Waals surface area contributed by atoms with Gasteiger partial charge in [0.2, 0.25) is 0 Å². The molecule has 138 valence electrons. The summed E-state index contributed by atoms with van der Waals surface area (Å²) in [6.07, 6.45) is 1.80. The summed E-state index contributed by atoms with van der Waals surface area (Å²) in [5, 5.41) is 9.28. The van der Waals surface area contributed by atoms with E-state index in [4.69, 9.17) is 4.74 Å². The van der Waals surface area contributed by atoms with Crippen molar-refractivity contribution in [2.45, 2.75) is 12.8 Å². The molecule has 0 bridgehead atoms. The molecular formula is C15H21N3O6S. The highest BCUT2D eigenvalue weighted by atomic mass is 32.2. The molecule has 2 N–H and O–H groups in total. The molecule has 25 heavy (non-hydrogen) atoms. The second-order valence-corrected chi connectivity index (χ2v) is 7.68. The maximum Gasteiger partial charge on any atom is 0.335 e. The Bertz CT molecular complexity index is 785. The van der Waals surface area contributed by atoms with Crippen LogP contribution in [0.2, 0.25) is 0 Å². The molecule has 10 heteroatoms. The molecule has 1 amide bonds. The van der Waals surface area contributed by atoms with Gasteiger partial charge in [0.1, 0.15) is 11.3 Å². The number of nitrogens with one attached hydrogen (secondary N) is 1. The summed E-state index contributed by atoms with van der Waals surface area (Å²) >= 11 is 0. The summed E-state index contributed by atoms with van der Waals surface area (Å²) in [4.78, 5) is 25.8. The van der Waals surface area contributed by atoms with Gasteiger partial charge in [0.05, 0.1) is 18.4 Å². The molecule has 1 saturated heterocycles. The number of hydrogen-bond acceptors (Lipinski definition) is 6. The second-order valence-electron chi connectivity index (χ2n) is 5.79. The number of methoxy groups -OCH3 is 1. The smallest absolute Gasteiger partial charge is 0.335 e. The van der Waals surface area contributed by atoms with E-state index in [9.17, 15) is 23.1 Å². The topological polar surface area (TPSA) is 116 Å². The minimum atomic E-state index is -3.99. The van der Waals surface area contributed by atoms with E-state index in [0.717, 1.165) is 17.1 Å². The summed E-state index contributed by atoms with van der Waals surface area (Å²) in [6.45, 7) is 1.29. The number of carbonyl (C=O) groups excluding carboxylic acids is 1. The summed E-state index contributed by atoms with van der Waals surface area (Å²) < 4.78 is 31.9. The zero-order valence-corrected chi connectivity index (χ0v) is 15.1. The molecule has 1 fully saturated rings. The predicted octanol–water partition coefficient (Wildman–Crippen LogP) is 0.530. The largest absolute Gasteiger partial charge is 0.496 e. The van der Waals surface area contributed by atoms with E-state index in [-0.39, 0.29) is 16.9 Å². The van der Waals surface area contributed by atoms with Gasteiger partial charge >= 0.3 is 16.2 Å². The Morgan fingerprint density at radius 2 is 1.84 bits per heavy atom. The first kappa shape index (κ1) is 19.0. The van der Waals surface area contributed by atoms with Crippen molar-refractivity contribution in [2.75, 3.05) is 39.2 Å². The van der Waals surface area contributed by atoms with Crippen LogP contribution in [0.5, 0.6) is 5.75 Å². The SMILES string of the molecule is COc1cc(C(=O)O)cc(N2CCCC2)c1C(=O)NS(=O)(=O)N(C)C. The lowest BCUT2D eigenvalue weighted by Crippen LogP contribution is -2.40. The van der Waals surface area contributed by atoms with E-state index < -0.39 is 22.1 Å². The normalized spacial score (nSPS) is 14.6. The molecule has 1 aliphatic rings. The monoisotopic (exact) mass is 371 g/mol. The van der Waals surface area contributed by atoms with Crippen molar-refractivity contribution in [3.63, 3.8) is 0 Å². The Labute approximate surface area is 146 Å². The fraction of sp³-hybridized carbons (Fsp3) is 0.467. The van der Waals surface area contributed by atoms with Crippen molar-refractivity contribution in [2.24, 2.45) is 0 Å². The van der Waals surface area contributed by atoms with Crippen LogP contribution in [-0.2, 0) is 10.2 Å². The summed E-state index contributed by atoms with van der Waals surface area (Å²) in [7, 11) is -0.110. The van der Waals surface area contributed by atoms with E-state index >= 15 is 0 Å². The number of amides is 1. The molecule has 0 saturated carbocycles. The number of anilines is 1. The molecular weight excluding hydrogens is 350 g/mol. The minimum absolute atomic E-state index is 0.000162. The number of ether oxygens (including phenoxy) is 1.